The number of methoxy groups -OCH3 is 2. The van der Waals surface area contributed by atoms with E-state index in [0.717, 1.165) is 50.0 Å². The molecule has 2 aromatic heterocycles. The maximum Gasteiger partial charge on any atom is 0.287 e. The maximum atomic E-state index is 12.4. The number of rotatable bonds is 8. The average Bonchev–Trinajstić information content (AvgIpc) is 3.36. The van der Waals surface area contributed by atoms with Crippen molar-refractivity contribution in [3.05, 3.63) is 65.1 Å². The summed E-state index contributed by atoms with van der Waals surface area (Å²) in [6.45, 7) is 3.95. The zero-order valence-electron chi connectivity index (χ0n) is 17.8. The van der Waals surface area contributed by atoms with E-state index in [1.54, 1.807) is 26.4 Å². The van der Waals surface area contributed by atoms with Gasteiger partial charge in [-0.3, -0.25) is 9.69 Å². The molecule has 0 radical (unpaired) electrons. The molecular weight excluding hydrogens is 398 g/mol. The normalized spacial score (nSPS) is 14.1. The minimum Gasteiger partial charge on any atom is -0.496 e. The summed E-state index contributed by atoms with van der Waals surface area (Å²) < 4.78 is 18.1. The third-order valence-electron chi connectivity index (χ3n) is 5.36. The fourth-order valence-electron chi connectivity index (χ4n) is 3.76. The number of fused-ring (bicyclic) bond motifs is 1. The number of para-hydroxylation sites is 1. The van der Waals surface area contributed by atoms with E-state index in [0.29, 0.717) is 18.9 Å². The summed E-state index contributed by atoms with van der Waals surface area (Å²) in [5.74, 6) is 3.16. The number of nitrogens with zero attached hydrogens (tertiary/aromatic N) is 4. The molecule has 0 aliphatic carbocycles. The van der Waals surface area contributed by atoms with Crippen LogP contribution in [0.1, 0.15) is 33.5 Å². The molecule has 1 N–H and O–H groups in total. The van der Waals surface area contributed by atoms with Crippen LogP contribution < -0.4 is 10.1 Å². The van der Waals surface area contributed by atoms with Crippen LogP contribution in [0, 0.1) is 0 Å². The second-order valence-electron chi connectivity index (χ2n) is 7.40. The topological polar surface area (TPSA) is 94.6 Å². The lowest BCUT2D eigenvalue weighted by atomic mass is 10.2. The quantitative estimate of drug-likeness (QED) is 0.590. The van der Waals surface area contributed by atoms with Crippen LogP contribution in [0.2, 0.25) is 0 Å². The Labute approximate surface area is 181 Å². The molecule has 1 aliphatic rings. The molecule has 1 aromatic carbocycles. The van der Waals surface area contributed by atoms with Gasteiger partial charge in [0.15, 0.2) is 11.6 Å². The third kappa shape index (κ3) is 4.95. The van der Waals surface area contributed by atoms with Gasteiger partial charge >= 0.3 is 0 Å². The molecular formula is C22H27N5O4. The van der Waals surface area contributed by atoms with E-state index in [4.69, 9.17) is 13.9 Å². The maximum absolute atomic E-state index is 12.4. The number of carbonyl (C=O) groups is 1. The fourth-order valence-corrected chi connectivity index (χ4v) is 3.76. The summed E-state index contributed by atoms with van der Waals surface area (Å²) >= 11 is 0. The van der Waals surface area contributed by atoms with Gasteiger partial charge in [0.05, 0.1) is 13.7 Å². The summed E-state index contributed by atoms with van der Waals surface area (Å²) in [7, 11) is 3.28. The van der Waals surface area contributed by atoms with Gasteiger partial charge in [-0.1, -0.05) is 18.2 Å². The average molecular weight is 425 g/mol. The van der Waals surface area contributed by atoms with E-state index < -0.39 is 0 Å². The van der Waals surface area contributed by atoms with Gasteiger partial charge in [0.1, 0.15) is 23.9 Å². The number of hydrogen-bond donors (Lipinski definition) is 1. The number of benzene rings is 1. The number of aromatic nitrogens is 3. The minimum absolute atomic E-state index is 0.255. The molecule has 0 unspecified atom stereocenters. The van der Waals surface area contributed by atoms with Crippen LogP contribution in [0.25, 0.3) is 0 Å². The number of ether oxygens (including phenoxy) is 2. The van der Waals surface area contributed by atoms with Crippen LogP contribution in [-0.4, -0.2) is 52.9 Å². The summed E-state index contributed by atoms with van der Waals surface area (Å²) in [5.41, 5.74) is 1.17. The van der Waals surface area contributed by atoms with Gasteiger partial charge in [-0.15, -0.1) is 10.2 Å². The van der Waals surface area contributed by atoms with Crippen molar-refractivity contribution < 1.29 is 18.7 Å². The molecule has 4 rings (SSSR count). The van der Waals surface area contributed by atoms with E-state index in [2.05, 4.69) is 31.0 Å². The van der Waals surface area contributed by atoms with E-state index in [-0.39, 0.29) is 11.7 Å². The van der Waals surface area contributed by atoms with Crippen LogP contribution >= 0.6 is 0 Å². The Hall–Kier alpha value is -3.17. The number of furan rings is 1. The third-order valence-corrected chi connectivity index (χ3v) is 5.36. The Balaban J connectivity index is 1.36. The summed E-state index contributed by atoms with van der Waals surface area (Å²) in [6, 6.07) is 11.5. The zero-order chi connectivity index (χ0) is 21.6. The van der Waals surface area contributed by atoms with Crippen molar-refractivity contribution in [3.63, 3.8) is 0 Å². The van der Waals surface area contributed by atoms with E-state index >= 15 is 0 Å². The Morgan fingerprint density at radius 2 is 2.00 bits per heavy atom. The lowest BCUT2D eigenvalue weighted by Crippen LogP contribution is -2.28. The highest BCUT2D eigenvalue weighted by molar-refractivity contribution is 5.91. The van der Waals surface area contributed by atoms with Gasteiger partial charge < -0.3 is 23.8 Å². The first-order chi connectivity index (χ1) is 15.2. The number of hydrogen-bond acceptors (Lipinski definition) is 7. The van der Waals surface area contributed by atoms with Gasteiger partial charge in [0, 0.05) is 45.3 Å². The van der Waals surface area contributed by atoms with Gasteiger partial charge in [-0.2, -0.15) is 0 Å². The fraction of sp³-hybridized carbons (Fsp3) is 0.409. The molecule has 31 heavy (non-hydrogen) atoms. The molecule has 0 saturated heterocycles. The lowest BCUT2D eigenvalue weighted by molar-refractivity contribution is 0.0913. The Kier molecular flexibility index (Phi) is 6.63. The van der Waals surface area contributed by atoms with E-state index in [1.807, 2.05) is 18.2 Å². The summed E-state index contributed by atoms with van der Waals surface area (Å²) in [6.07, 6.45) is 0.800. The van der Waals surface area contributed by atoms with Gasteiger partial charge in [-0.05, 0) is 18.2 Å². The molecule has 1 aliphatic heterocycles. The van der Waals surface area contributed by atoms with Gasteiger partial charge in [0.2, 0.25) is 0 Å². The largest absolute Gasteiger partial charge is 0.496 e. The summed E-state index contributed by atoms with van der Waals surface area (Å²) in [4.78, 5) is 14.8. The van der Waals surface area contributed by atoms with Crippen LogP contribution in [0.4, 0.5) is 0 Å². The Morgan fingerprint density at radius 3 is 2.84 bits per heavy atom. The molecule has 0 spiro atoms. The molecule has 3 heterocycles. The molecule has 9 heteroatoms. The molecule has 0 fully saturated rings. The minimum atomic E-state index is -0.286. The number of carbonyl (C=O) groups excluding carboxylic acids is 1. The first-order valence-corrected chi connectivity index (χ1v) is 10.3. The van der Waals surface area contributed by atoms with Gasteiger partial charge in [0.25, 0.3) is 5.91 Å². The molecule has 0 atom stereocenters. The highest BCUT2D eigenvalue weighted by Gasteiger charge is 2.20. The van der Waals surface area contributed by atoms with Crippen LogP contribution in [0.5, 0.6) is 5.75 Å². The van der Waals surface area contributed by atoms with Gasteiger partial charge in [-0.25, -0.2) is 0 Å². The molecule has 3 aromatic rings. The van der Waals surface area contributed by atoms with Crippen LogP contribution in [0.3, 0.4) is 0 Å². The lowest BCUT2D eigenvalue weighted by Gasteiger charge is -2.21. The molecule has 1 amide bonds. The predicted octanol–water partition coefficient (Wildman–Crippen LogP) is 2.01. The molecule has 0 saturated carbocycles. The first kappa shape index (κ1) is 21.1. The smallest absolute Gasteiger partial charge is 0.287 e. The highest BCUT2D eigenvalue weighted by Crippen LogP contribution is 2.20. The monoisotopic (exact) mass is 425 g/mol. The highest BCUT2D eigenvalue weighted by atomic mass is 16.5. The molecule has 164 valence electrons. The number of nitrogens with one attached hydrogen (secondary N) is 1. The standard InChI is InChI=1S/C22H27N5O4/c1-29-15-17-7-8-19(31-17)22(28)23-13-21-25-24-20-9-10-26(11-12-27(20)21)14-16-5-3-4-6-18(16)30-2/h3-8H,9-15H2,1-2H3,(H,23,28). The van der Waals surface area contributed by atoms with Crippen LogP contribution in [0.15, 0.2) is 40.8 Å². The van der Waals surface area contributed by atoms with Crippen molar-refractivity contribution >= 4 is 5.91 Å². The summed E-state index contributed by atoms with van der Waals surface area (Å²) in [5, 5.41) is 11.5. The van der Waals surface area contributed by atoms with Crippen molar-refractivity contribution in [2.24, 2.45) is 0 Å². The molecule has 9 nitrogen and oxygen atoms in total. The van der Waals surface area contributed by atoms with Crippen molar-refractivity contribution in [2.45, 2.75) is 32.7 Å². The van der Waals surface area contributed by atoms with Crippen molar-refractivity contribution in [1.29, 1.82) is 0 Å². The van der Waals surface area contributed by atoms with E-state index in [9.17, 15) is 4.79 Å². The van der Waals surface area contributed by atoms with Crippen LogP contribution in [-0.2, 0) is 37.4 Å². The second-order valence-corrected chi connectivity index (χ2v) is 7.40. The Bertz CT molecular complexity index is 1030. The number of amides is 1. The predicted molar refractivity (Wildman–Crippen MR) is 113 cm³/mol. The Morgan fingerprint density at radius 1 is 1.13 bits per heavy atom. The van der Waals surface area contributed by atoms with Crippen molar-refractivity contribution in [1.82, 2.24) is 25.0 Å². The van der Waals surface area contributed by atoms with Crippen molar-refractivity contribution in [3.8, 4) is 5.75 Å². The second kappa shape index (κ2) is 9.76. The zero-order valence-corrected chi connectivity index (χ0v) is 17.8. The van der Waals surface area contributed by atoms with Crippen molar-refractivity contribution in [2.75, 3.05) is 27.3 Å². The first-order valence-electron chi connectivity index (χ1n) is 10.3. The van der Waals surface area contributed by atoms with E-state index in [1.165, 1.54) is 5.56 Å². The molecule has 0 bridgehead atoms. The SMILES string of the molecule is COCc1ccc(C(=O)NCc2nnc3n2CCN(Cc2ccccc2OC)CC3)o1.